The van der Waals surface area contributed by atoms with Crippen molar-refractivity contribution in [2.24, 2.45) is 0 Å². The monoisotopic (exact) mass is 346 g/mol. The number of benzene rings is 2. The van der Waals surface area contributed by atoms with E-state index in [1.54, 1.807) is 10.6 Å². The highest BCUT2D eigenvalue weighted by Gasteiger charge is 2.13. The highest BCUT2D eigenvalue weighted by atomic mass is 79.9. The molecule has 0 unspecified atom stereocenters. The molecular weight excluding hydrogens is 336 g/mol. The number of carboxylic acid groups (broad SMARTS) is 1. The number of halogens is 1. The molecule has 2 aromatic carbocycles. The lowest BCUT2D eigenvalue weighted by atomic mass is 10.1. The van der Waals surface area contributed by atoms with Gasteiger partial charge in [0.1, 0.15) is 0 Å². The number of aromatic carboxylic acids is 1. The quantitative estimate of drug-likeness (QED) is 0.748. The zero-order valence-electron chi connectivity index (χ0n) is 11.1. The lowest BCUT2D eigenvalue weighted by molar-refractivity contribution is 0.0697. The van der Waals surface area contributed by atoms with Crippen LogP contribution in [0.15, 0.2) is 45.7 Å². The molecule has 0 fully saturated rings. The van der Waals surface area contributed by atoms with Crippen LogP contribution in [-0.4, -0.2) is 20.6 Å². The first-order chi connectivity index (χ1) is 9.97. The van der Waals surface area contributed by atoms with Gasteiger partial charge in [0.2, 0.25) is 0 Å². The van der Waals surface area contributed by atoms with Crippen molar-refractivity contribution in [1.82, 2.24) is 9.55 Å². The summed E-state index contributed by atoms with van der Waals surface area (Å²) in [7, 11) is 0. The fourth-order valence-electron chi connectivity index (χ4n) is 2.35. The third-order valence-corrected chi connectivity index (χ3v) is 3.82. The largest absolute Gasteiger partial charge is 0.478 e. The number of nitrogens with zero attached hydrogens (tertiary/aromatic N) is 1. The summed E-state index contributed by atoms with van der Waals surface area (Å²) >= 11 is 3.39. The minimum absolute atomic E-state index is 0.142. The molecule has 21 heavy (non-hydrogen) atoms. The summed E-state index contributed by atoms with van der Waals surface area (Å²) in [5.41, 5.74) is 2.70. The van der Waals surface area contributed by atoms with Crippen LogP contribution in [-0.2, 0) is 0 Å². The highest BCUT2D eigenvalue weighted by Crippen LogP contribution is 2.22. The predicted molar refractivity (Wildman–Crippen MR) is 83.3 cm³/mol. The number of hydrogen-bond acceptors (Lipinski definition) is 2. The number of aromatic nitrogens is 2. The Morgan fingerprint density at radius 3 is 2.67 bits per heavy atom. The maximum absolute atomic E-state index is 12.2. The fraction of sp³-hybridized carbons (Fsp3) is 0.0667. The second-order valence-corrected chi connectivity index (χ2v) is 5.65. The van der Waals surface area contributed by atoms with Crippen LogP contribution in [0.25, 0.3) is 16.7 Å². The topological polar surface area (TPSA) is 75.1 Å². The molecule has 2 N–H and O–H groups in total. The molecule has 106 valence electrons. The highest BCUT2D eigenvalue weighted by molar-refractivity contribution is 9.10. The predicted octanol–water partition coefficient (Wildman–Crippen LogP) is 3.09. The summed E-state index contributed by atoms with van der Waals surface area (Å²) in [5, 5.41) is 9.01. The molecule has 0 aliphatic rings. The first kappa shape index (κ1) is 13.6. The Morgan fingerprint density at radius 1 is 1.24 bits per heavy atom. The molecule has 0 aliphatic heterocycles. The minimum atomic E-state index is -1.02. The van der Waals surface area contributed by atoms with Gasteiger partial charge in [0.25, 0.3) is 0 Å². The number of nitrogens with one attached hydrogen (secondary N) is 1. The average Bonchev–Trinajstić information content (AvgIpc) is 2.74. The third-order valence-electron chi connectivity index (χ3n) is 3.33. The average molecular weight is 347 g/mol. The van der Waals surface area contributed by atoms with Gasteiger partial charge in [-0.15, -0.1) is 0 Å². The standard InChI is InChI=1S/C15H11BrN2O3/c1-8-6-10(16)3-5-12(8)18-13-4-2-9(14(19)20)7-11(13)17-15(18)21/h2-7H,1H3,(H,17,21)(H,19,20). The molecule has 0 aliphatic carbocycles. The number of fused-ring (bicyclic) bond motifs is 1. The first-order valence-corrected chi connectivity index (χ1v) is 7.01. The van der Waals surface area contributed by atoms with Gasteiger partial charge in [-0.2, -0.15) is 0 Å². The number of H-pyrrole nitrogens is 1. The zero-order valence-corrected chi connectivity index (χ0v) is 12.6. The van der Waals surface area contributed by atoms with Crippen LogP contribution < -0.4 is 5.69 Å². The molecule has 1 heterocycles. The minimum Gasteiger partial charge on any atom is -0.478 e. The fourth-order valence-corrected chi connectivity index (χ4v) is 2.83. The van der Waals surface area contributed by atoms with Crippen molar-refractivity contribution in [3.05, 3.63) is 62.5 Å². The van der Waals surface area contributed by atoms with Crippen LogP contribution >= 0.6 is 15.9 Å². The van der Waals surface area contributed by atoms with E-state index < -0.39 is 5.97 Å². The van der Waals surface area contributed by atoms with Crippen molar-refractivity contribution in [2.45, 2.75) is 6.92 Å². The Labute approximate surface area is 128 Å². The molecule has 6 heteroatoms. The van der Waals surface area contributed by atoms with Gasteiger partial charge in [0.15, 0.2) is 0 Å². The number of rotatable bonds is 2. The number of carbonyl (C=O) groups is 1. The van der Waals surface area contributed by atoms with E-state index >= 15 is 0 Å². The van der Waals surface area contributed by atoms with Crippen LogP contribution in [0.3, 0.4) is 0 Å². The van der Waals surface area contributed by atoms with Gasteiger partial charge in [-0.05, 0) is 48.9 Å². The first-order valence-electron chi connectivity index (χ1n) is 6.22. The van der Waals surface area contributed by atoms with E-state index in [4.69, 9.17) is 5.11 Å². The third kappa shape index (κ3) is 2.27. The van der Waals surface area contributed by atoms with Gasteiger partial charge in [-0.1, -0.05) is 15.9 Å². The van der Waals surface area contributed by atoms with Crippen molar-refractivity contribution in [1.29, 1.82) is 0 Å². The van der Waals surface area contributed by atoms with Crippen molar-refractivity contribution < 1.29 is 9.90 Å². The van der Waals surface area contributed by atoms with Crippen LogP contribution in [0, 0.1) is 6.92 Å². The normalized spacial score (nSPS) is 11.0. The van der Waals surface area contributed by atoms with E-state index in [1.807, 2.05) is 25.1 Å². The molecule has 3 rings (SSSR count). The van der Waals surface area contributed by atoms with Gasteiger partial charge < -0.3 is 10.1 Å². The van der Waals surface area contributed by atoms with E-state index in [0.717, 1.165) is 15.7 Å². The van der Waals surface area contributed by atoms with E-state index in [1.165, 1.54) is 12.1 Å². The van der Waals surface area contributed by atoms with Gasteiger partial charge in [-0.25, -0.2) is 9.59 Å². The lowest BCUT2D eigenvalue weighted by Gasteiger charge is -2.08. The Balaban J connectivity index is 2.30. The van der Waals surface area contributed by atoms with Gasteiger partial charge >= 0.3 is 11.7 Å². The number of aryl methyl sites for hydroxylation is 1. The lowest BCUT2D eigenvalue weighted by Crippen LogP contribution is -2.15. The molecule has 0 spiro atoms. The van der Waals surface area contributed by atoms with Gasteiger partial charge in [0, 0.05) is 4.47 Å². The molecule has 0 saturated heterocycles. The summed E-state index contributed by atoms with van der Waals surface area (Å²) in [6, 6.07) is 10.2. The molecule has 0 saturated carbocycles. The molecule has 5 nitrogen and oxygen atoms in total. The number of carboxylic acids is 1. The molecular formula is C15H11BrN2O3. The number of hydrogen-bond donors (Lipinski definition) is 2. The van der Waals surface area contributed by atoms with Crippen molar-refractivity contribution in [3.63, 3.8) is 0 Å². The summed E-state index contributed by atoms with van der Waals surface area (Å²) < 4.78 is 2.48. The summed E-state index contributed by atoms with van der Waals surface area (Å²) in [5.74, 6) is -1.02. The van der Waals surface area contributed by atoms with Crippen molar-refractivity contribution >= 4 is 32.9 Å². The SMILES string of the molecule is Cc1cc(Br)ccc1-n1c(=O)[nH]c2cc(C(=O)O)ccc21. The van der Waals surface area contributed by atoms with E-state index in [-0.39, 0.29) is 11.3 Å². The number of imidazole rings is 1. The van der Waals surface area contributed by atoms with Crippen molar-refractivity contribution in [3.8, 4) is 5.69 Å². The maximum Gasteiger partial charge on any atom is 0.335 e. The second-order valence-electron chi connectivity index (χ2n) is 4.73. The van der Waals surface area contributed by atoms with E-state index in [9.17, 15) is 9.59 Å². The summed E-state index contributed by atoms with van der Waals surface area (Å²) in [4.78, 5) is 25.9. The van der Waals surface area contributed by atoms with Gasteiger partial charge in [0.05, 0.1) is 22.3 Å². The van der Waals surface area contributed by atoms with Crippen LogP contribution in [0.1, 0.15) is 15.9 Å². The van der Waals surface area contributed by atoms with Crippen LogP contribution in [0.4, 0.5) is 0 Å². The van der Waals surface area contributed by atoms with E-state index in [2.05, 4.69) is 20.9 Å². The molecule has 1 aromatic heterocycles. The zero-order chi connectivity index (χ0) is 15.1. The van der Waals surface area contributed by atoms with Crippen molar-refractivity contribution in [2.75, 3.05) is 0 Å². The number of aromatic amines is 1. The Bertz CT molecular complexity index is 924. The maximum atomic E-state index is 12.2. The molecule has 0 atom stereocenters. The van der Waals surface area contributed by atoms with Gasteiger partial charge in [-0.3, -0.25) is 4.57 Å². The summed E-state index contributed by atoms with van der Waals surface area (Å²) in [6.45, 7) is 1.91. The van der Waals surface area contributed by atoms with Crippen LogP contribution in [0.5, 0.6) is 0 Å². The molecule has 0 radical (unpaired) electrons. The smallest absolute Gasteiger partial charge is 0.335 e. The Morgan fingerprint density at radius 2 is 2.00 bits per heavy atom. The van der Waals surface area contributed by atoms with E-state index in [0.29, 0.717) is 11.0 Å². The summed E-state index contributed by atoms with van der Waals surface area (Å²) in [6.07, 6.45) is 0. The molecule has 3 aromatic rings. The Hall–Kier alpha value is -2.34. The molecule has 0 bridgehead atoms. The Kier molecular flexibility index (Phi) is 3.17. The second kappa shape index (κ2) is 4.89. The van der Waals surface area contributed by atoms with Crippen LogP contribution in [0.2, 0.25) is 0 Å². The molecule has 0 amide bonds.